The van der Waals surface area contributed by atoms with E-state index in [9.17, 15) is 9.18 Å². The van der Waals surface area contributed by atoms with Crippen LogP contribution in [0.4, 0.5) is 10.1 Å². The summed E-state index contributed by atoms with van der Waals surface area (Å²) in [5.74, 6) is -1.74. The largest absolute Gasteiger partial charge is 0.436 e. The van der Waals surface area contributed by atoms with E-state index in [1.54, 1.807) is 43.3 Å². The van der Waals surface area contributed by atoms with Crippen molar-refractivity contribution in [2.75, 3.05) is 12.4 Å². The number of ether oxygens (including phenoxy) is 2. The topological polar surface area (TPSA) is 94.6 Å². The fourth-order valence-corrected chi connectivity index (χ4v) is 2.58. The predicted octanol–water partition coefficient (Wildman–Crippen LogP) is 4.77. The third-order valence-electron chi connectivity index (χ3n) is 3.99. The first-order valence-corrected chi connectivity index (χ1v) is 9.28. The summed E-state index contributed by atoms with van der Waals surface area (Å²) >= 11 is 6.08. The van der Waals surface area contributed by atoms with Crippen LogP contribution in [0.1, 0.15) is 5.56 Å². The number of rotatable bonds is 8. The first-order chi connectivity index (χ1) is 14.9. The van der Waals surface area contributed by atoms with Crippen LogP contribution in [0.25, 0.3) is 0 Å². The molecule has 0 saturated heterocycles. The van der Waals surface area contributed by atoms with Gasteiger partial charge in [0.15, 0.2) is 5.75 Å². The standard InChI is InChI=1S/C21H18ClFN4O4/c1-12-14(22)7-6-10-16(12)30-20-18(23)21(25-11-24-20)31-17-9-5-4-8-15(17)26-19(28)13(2)27-29-3/h4-11,27H,2H2,1,3H3,(H,26,28). The van der Waals surface area contributed by atoms with E-state index in [0.717, 1.165) is 6.33 Å². The van der Waals surface area contributed by atoms with Gasteiger partial charge in [0.1, 0.15) is 17.8 Å². The second kappa shape index (κ2) is 9.88. The molecule has 0 unspecified atom stereocenters. The molecule has 0 atom stereocenters. The van der Waals surface area contributed by atoms with Crippen molar-refractivity contribution in [2.45, 2.75) is 6.92 Å². The van der Waals surface area contributed by atoms with E-state index >= 15 is 0 Å². The highest BCUT2D eigenvalue weighted by atomic mass is 35.5. The Morgan fingerprint density at radius 1 is 1.06 bits per heavy atom. The van der Waals surface area contributed by atoms with E-state index < -0.39 is 11.7 Å². The van der Waals surface area contributed by atoms with Crippen molar-refractivity contribution in [3.8, 4) is 23.3 Å². The molecule has 0 radical (unpaired) electrons. The molecule has 1 aromatic heterocycles. The smallest absolute Gasteiger partial charge is 0.273 e. The number of para-hydroxylation sites is 2. The van der Waals surface area contributed by atoms with Crippen LogP contribution in [-0.4, -0.2) is 23.0 Å². The lowest BCUT2D eigenvalue weighted by Crippen LogP contribution is -2.24. The lowest BCUT2D eigenvalue weighted by atomic mass is 10.2. The molecule has 0 spiro atoms. The summed E-state index contributed by atoms with van der Waals surface area (Å²) < 4.78 is 26.1. The molecule has 2 aromatic carbocycles. The summed E-state index contributed by atoms with van der Waals surface area (Å²) in [6.45, 7) is 5.27. The molecule has 3 aromatic rings. The number of aromatic nitrogens is 2. The van der Waals surface area contributed by atoms with Crippen LogP contribution in [0.5, 0.6) is 23.3 Å². The van der Waals surface area contributed by atoms with Crippen molar-refractivity contribution in [1.82, 2.24) is 15.4 Å². The summed E-state index contributed by atoms with van der Waals surface area (Å²) in [5.41, 5.74) is 3.19. The molecule has 2 N–H and O–H groups in total. The maximum atomic E-state index is 15.0. The summed E-state index contributed by atoms with van der Waals surface area (Å²) in [6, 6.07) is 11.4. The third-order valence-corrected chi connectivity index (χ3v) is 4.40. The van der Waals surface area contributed by atoms with Crippen LogP contribution in [0.3, 0.4) is 0 Å². The van der Waals surface area contributed by atoms with E-state index in [4.69, 9.17) is 21.1 Å². The number of anilines is 1. The maximum absolute atomic E-state index is 15.0. The Morgan fingerprint density at radius 2 is 1.71 bits per heavy atom. The Hall–Kier alpha value is -3.69. The number of nitrogens with one attached hydrogen (secondary N) is 2. The number of halogens is 2. The van der Waals surface area contributed by atoms with Crippen LogP contribution < -0.4 is 20.3 Å². The van der Waals surface area contributed by atoms with Crippen LogP contribution in [-0.2, 0) is 9.63 Å². The molecule has 1 amide bonds. The molecule has 3 rings (SSSR count). The van der Waals surface area contributed by atoms with Crippen molar-refractivity contribution in [3.63, 3.8) is 0 Å². The molecule has 0 aliphatic heterocycles. The quantitative estimate of drug-likeness (QED) is 0.382. The molecule has 31 heavy (non-hydrogen) atoms. The molecular formula is C21H18ClFN4O4. The van der Waals surface area contributed by atoms with Gasteiger partial charge < -0.3 is 14.8 Å². The second-order valence-corrected chi connectivity index (χ2v) is 6.51. The summed E-state index contributed by atoms with van der Waals surface area (Å²) in [5, 5.41) is 3.06. The van der Waals surface area contributed by atoms with Crippen LogP contribution in [0.2, 0.25) is 5.02 Å². The Balaban J connectivity index is 1.84. The summed E-state index contributed by atoms with van der Waals surface area (Å²) in [4.78, 5) is 24.5. The molecule has 10 heteroatoms. The molecule has 160 valence electrons. The average molecular weight is 445 g/mol. The number of hydroxylamine groups is 1. The van der Waals surface area contributed by atoms with Crippen molar-refractivity contribution < 1.29 is 23.5 Å². The van der Waals surface area contributed by atoms with Gasteiger partial charge in [-0.1, -0.05) is 36.4 Å². The van der Waals surface area contributed by atoms with Crippen molar-refractivity contribution in [1.29, 1.82) is 0 Å². The SMILES string of the molecule is C=C(NOC)C(=O)Nc1ccccc1Oc1ncnc(Oc2cccc(Cl)c2C)c1F. The van der Waals surface area contributed by atoms with Gasteiger partial charge in [-0.05, 0) is 31.2 Å². The van der Waals surface area contributed by atoms with Gasteiger partial charge in [0.2, 0.25) is 5.82 Å². The normalized spacial score (nSPS) is 10.3. The maximum Gasteiger partial charge on any atom is 0.273 e. The summed E-state index contributed by atoms with van der Waals surface area (Å²) in [7, 11) is 1.35. The molecular weight excluding hydrogens is 427 g/mol. The van der Waals surface area contributed by atoms with Gasteiger partial charge in [0.05, 0.1) is 12.8 Å². The number of benzene rings is 2. The molecule has 1 heterocycles. The number of carbonyl (C=O) groups excluding carboxylic acids is 1. The van der Waals surface area contributed by atoms with Gasteiger partial charge in [-0.15, -0.1) is 0 Å². The Morgan fingerprint density at radius 3 is 2.42 bits per heavy atom. The third kappa shape index (κ3) is 5.27. The fourth-order valence-electron chi connectivity index (χ4n) is 2.41. The highest BCUT2D eigenvalue weighted by Gasteiger charge is 2.19. The monoisotopic (exact) mass is 444 g/mol. The summed E-state index contributed by atoms with van der Waals surface area (Å²) in [6.07, 6.45) is 1.10. The Bertz CT molecular complexity index is 1130. The molecule has 0 aliphatic rings. The van der Waals surface area contributed by atoms with Crippen LogP contribution in [0, 0.1) is 12.7 Å². The van der Waals surface area contributed by atoms with Crippen LogP contribution >= 0.6 is 11.6 Å². The van der Waals surface area contributed by atoms with E-state index in [1.165, 1.54) is 13.2 Å². The first kappa shape index (κ1) is 22.0. The van der Waals surface area contributed by atoms with Gasteiger partial charge in [-0.3, -0.25) is 15.1 Å². The van der Waals surface area contributed by atoms with Crippen LogP contribution in [0.15, 0.2) is 61.1 Å². The predicted molar refractivity (Wildman–Crippen MR) is 113 cm³/mol. The zero-order valence-electron chi connectivity index (χ0n) is 16.6. The minimum atomic E-state index is -0.923. The molecule has 0 fully saturated rings. The lowest BCUT2D eigenvalue weighted by molar-refractivity contribution is -0.114. The highest BCUT2D eigenvalue weighted by Crippen LogP contribution is 2.34. The first-order valence-electron chi connectivity index (χ1n) is 8.90. The minimum absolute atomic E-state index is 0.0295. The molecule has 0 aliphatic carbocycles. The zero-order valence-corrected chi connectivity index (χ0v) is 17.4. The number of hydrogen-bond donors (Lipinski definition) is 2. The molecule has 0 bridgehead atoms. The van der Waals surface area contributed by atoms with Gasteiger partial charge in [0.25, 0.3) is 17.7 Å². The van der Waals surface area contributed by atoms with Gasteiger partial charge in [-0.25, -0.2) is 0 Å². The van der Waals surface area contributed by atoms with Crippen molar-refractivity contribution in [2.24, 2.45) is 0 Å². The van der Waals surface area contributed by atoms with Gasteiger partial charge in [0, 0.05) is 10.6 Å². The second-order valence-electron chi connectivity index (χ2n) is 6.10. The zero-order chi connectivity index (χ0) is 22.4. The average Bonchev–Trinajstić information content (AvgIpc) is 2.75. The van der Waals surface area contributed by atoms with Crippen molar-refractivity contribution in [3.05, 3.63) is 77.5 Å². The van der Waals surface area contributed by atoms with Gasteiger partial charge >= 0.3 is 0 Å². The lowest BCUT2D eigenvalue weighted by Gasteiger charge is -2.14. The molecule has 0 saturated carbocycles. The fraction of sp³-hybridized carbons (Fsp3) is 0.0952. The Labute approximate surface area is 182 Å². The van der Waals surface area contributed by atoms with Crippen molar-refractivity contribution >= 4 is 23.2 Å². The van der Waals surface area contributed by atoms with E-state index in [-0.39, 0.29) is 28.9 Å². The number of nitrogens with zero attached hydrogens (tertiary/aromatic N) is 2. The van der Waals surface area contributed by atoms with E-state index in [0.29, 0.717) is 16.3 Å². The number of hydrogen-bond acceptors (Lipinski definition) is 7. The Kier molecular flexibility index (Phi) is 7.01. The number of amides is 1. The van der Waals surface area contributed by atoms with E-state index in [1.807, 2.05) is 0 Å². The molecule has 8 nitrogen and oxygen atoms in total. The van der Waals surface area contributed by atoms with E-state index in [2.05, 4.69) is 32.2 Å². The highest BCUT2D eigenvalue weighted by molar-refractivity contribution is 6.31. The van der Waals surface area contributed by atoms with Gasteiger partial charge in [-0.2, -0.15) is 14.4 Å². The minimum Gasteiger partial charge on any atom is -0.436 e. The number of carbonyl (C=O) groups is 1.